The van der Waals surface area contributed by atoms with Crippen molar-refractivity contribution in [1.29, 1.82) is 0 Å². The first-order valence-corrected chi connectivity index (χ1v) is 6.73. The molecular formula is C12H24ClN2O+. The molecule has 1 aliphatic rings. The Morgan fingerprint density at radius 3 is 2.81 bits per heavy atom. The normalized spacial score (nSPS) is 25.8. The molecule has 0 aromatic heterocycles. The number of carbonyl (C=O) groups is 1. The standard InChI is InChI=1S/C12H23ClN2O/c1-4-15-7-5-6-10(15)8-14-11(16)12(2,3)9-13/h10H,4-9H2,1-3H3,(H,14,16)/p+1/t10-/m0/s1. The Labute approximate surface area is 104 Å². The number of hydrogen-bond donors (Lipinski definition) is 2. The largest absolute Gasteiger partial charge is 0.350 e. The van der Waals surface area contributed by atoms with Crippen LogP contribution in [-0.4, -0.2) is 37.5 Å². The van der Waals surface area contributed by atoms with Gasteiger partial charge in [-0.3, -0.25) is 4.79 Å². The Morgan fingerprint density at radius 1 is 1.56 bits per heavy atom. The van der Waals surface area contributed by atoms with E-state index in [1.165, 1.54) is 19.4 Å². The van der Waals surface area contributed by atoms with E-state index < -0.39 is 5.41 Å². The van der Waals surface area contributed by atoms with Crippen LogP contribution in [0.5, 0.6) is 0 Å². The molecule has 0 bridgehead atoms. The van der Waals surface area contributed by atoms with Crippen LogP contribution in [-0.2, 0) is 4.79 Å². The highest BCUT2D eigenvalue weighted by atomic mass is 35.5. The maximum absolute atomic E-state index is 11.8. The van der Waals surface area contributed by atoms with Crippen molar-refractivity contribution in [3.8, 4) is 0 Å². The van der Waals surface area contributed by atoms with Crippen molar-refractivity contribution in [1.82, 2.24) is 5.32 Å². The molecule has 0 radical (unpaired) electrons. The van der Waals surface area contributed by atoms with Crippen LogP contribution in [0.2, 0.25) is 0 Å². The van der Waals surface area contributed by atoms with Gasteiger partial charge < -0.3 is 10.2 Å². The van der Waals surface area contributed by atoms with Crippen LogP contribution >= 0.6 is 11.6 Å². The van der Waals surface area contributed by atoms with Gasteiger partial charge in [0.05, 0.1) is 25.0 Å². The summed E-state index contributed by atoms with van der Waals surface area (Å²) < 4.78 is 0. The topological polar surface area (TPSA) is 33.5 Å². The second kappa shape index (κ2) is 5.87. The van der Waals surface area contributed by atoms with Gasteiger partial charge in [0.15, 0.2) is 0 Å². The summed E-state index contributed by atoms with van der Waals surface area (Å²) in [4.78, 5) is 13.5. The summed E-state index contributed by atoms with van der Waals surface area (Å²) in [5, 5.41) is 3.04. The lowest BCUT2D eigenvalue weighted by molar-refractivity contribution is -0.909. The minimum absolute atomic E-state index is 0.0739. The molecule has 94 valence electrons. The first-order valence-electron chi connectivity index (χ1n) is 6.20. The fraction of sp³-hybridized carbons (Fsp3) is 0.917. The first-order chi connectivity index (χ1) is 7.51. The van der Waals surface area contributed by atoms with Crippen molar-refractivity contribution in [2.24, 2.45) is 5.41 Å². The SMILES string of the molecule is CC[NH+]1CCC[C@H]1CNC(=O)C(C)(C)CCl. The molecule has 0 aliphatic carbocycles. The molecule has 1 amide bonds. The van der Waals surface area contributed by atoms with Crippen LogP contribution < -0.4 is 10.2 Å². The summed E-state index contributed by atoms with van der Waals surface area (Å²) in [7, 11) is 0. The van der Waals surface area contributed by atoms with Gasteiger partial charge in [-0.15, -0.1) is 11.6 Å². The van der Waals surface area contributed by atoms with E-state index in [9.17, 15) is 4.79 Å². The molecule has 1 unspecified atom stereocenters. The van der Waals surface area contributed by atoms with Crippen LogP contribution in [0.4, 0.5) is 0 Å². The maximum atomic E-state index is 11.8. The predicted octanol–water partition coefficient (Wildman–Crippen LogP) is 0.435. The molecule has 3 nitrogen and oxygen atoms in total. The third-order valence-electron chi connectivity index (χ3n) is 3.54. The minimum Gasteiger partial charge on any atom is -0.350 e. The number of likely N-dealkylation sites (tertiary alicyclic amines) is 1. The van der Waals surface area contributed by atoms with Gasteiger partial charge in [0.25, 0.3) is 0 Å². The fourth-order valence-corrected chi connectivity index (χ4v) is 2.33. The Morgan fingerprint density at radius 2 is 2.25 bits per heavy atom. The summed E-state index contributed by atoms with van der Waals surface area (Å²) in [6.07, 6.45) is 2.51. The van der Waals surface area contributed by atoms with Gasteiger partial charge in [-0.2, -0.15) is 0 Å². The lowest BCUT2D eigenvalue weighted by atomic mass is 9.95. The van der Waals surface area contributed by atoms with Gasteiger partial charge in [-0.05, 0) is 20.8 Å². The van der Waals surface area contributed by atoms with Gasteiger partial charge in [-0.25, -0.2) is 0 Å². The van der Waals surface area contributed by atoms with Crippen molar-refractivity contribution < 1.29 is 9.69 Å². The molecule has 16 heavy (non-hydrogen) atoms. The highest BCUT2D eigenvalue weighted by Gasteiger charge is 2.30. The second-order valence-corrected chi connectivity index (χ2v) is 5.60. The maximum Gasteiger partial charge on any atom is 0.227 e. The Hall–Kier alpha value is -0.280. The Balaban J connectivity index is 2.37. The molecule has 1 rings (SSSR count). The van der Waals surface area contributed by atoms with E-state index in [-0.39, 0.29) is 5.91 Å². The zero-order valence-corrected chi connectivity index (χ0v) is 11.4. The van der Waals surface area contributed by atoms with Crippen molar-refractivity contribution in [2.45, 2.75) is 39.7 Å². The summed E-state index contributed by atoms with van der Waals surface area (Å²) in [6, 6.07) is 0.597. The lowest BCUT2D eigenvalue weighted by Crippen LogP contribution is -3.14. The molecular weight excluding hydrogens is 224 g/mol. The molecule has 4 heteroatoms. The molecule has 1 aliphatic heterocycles. The van der Waals surface area contributed by atoms with E-state index in [4.69, 9.17) is 11.6 Å². The molecule has 1 saturated heterocycles. The molecule has 0 saturated carbocycles. The zero-order valence-electron chi connectivity index (χ0n) is 10.6. The number of halogens is 1. The zero-order chi connectivity index (χ0) is 12.2. The number of hydrogen-bond acceptors (Lipinski definition) is 1. The van der Waals surface area contributed by atoms with Gasteiger partial charge in [0.1, 0.15) is 6.04 Å². The molecule has 1 heterocycles. The first kappa shape index (κ1) is 13.8. The van der Waals surface area contributed by atoms with Gasteiger partial charge in [0, 0.05) is 18.7 Å². The van der Waals surface area contributed by atoms with E-state index in [1.807, 2.05) is 13.8 Å². The van der Waals surface area contributed by atoms with Crippen LogP contribution in [0, 0.1) is 5.41 Å². The fourth-order valence-electron chi connectivity index (χ4n) is 2.21. The number of likely N-dealkylation sites (N-methyl/N-ethyl adjacent to an activating group) is 1. The lowest BCUT2D eigenvalue weighted by Gasteiger charge is -2.24. The molecule has 0 spiro atoms. The van der Waals surface area contributed by atoms with Crippen molar-refractivity contribution in [3.05, 3.63) is 0 Å². The number of carbonyl (C=O) groups excluding carboxylic acids is 1. The van der Waals surface area contributed by atoms with Crippen molar-refractivity contribution in [3.63, 3.8) is 0 Å². The number of quaternary nitrogens is 1. The van der Waals surface area contributed by atoms with Crippen LogP contribution in [0.25, 0.3) is 0 Å². The van der Waals surface area contributed by atoms with E-state index in [0.717, 1.165) is 13.1 Å². The summed E-state index contributed by atoms with van der Waals surface area (Å²) in [5.41, 5.74) is -0.452. The van der Waals surface area contributed by atoms with Crippen LogP contribution in [0.3, 0.4) is 0 Å². The molecule has 2 atom stereocenters. The third kappa shape index (κ3) is 3.36. The van der Waals surface area contributed by atoms with E-state index >= 15 is 0 Å². The minimum atomic E-state index is -0.452. The number of rotatable bonds is 5. The highest BCUT2D eigenvalue weighted by Crippen LogP contribution is 2.16. The molecule has 0 aromatic rings. The molecule has 0 aromatic carbocycles. The van der Waals surface area contributed by atoms with Gasteiger partial charge >= 0.3 is 0 Å². The summed E-state index contributed by atoms with van der Waals surface area (Å²) >= 11 is 5.77. The summed E-state index contributed by atoms with van der Waals surface area (Å²) in [6.45, 7) is 9.17. The molecule has 2 N–H and O–H groups in total. The van der Waals surface area contributed by atoms with Gasteiger partial charge in [-0.1, -0.05) is 0 Å². The quantitative estimate of drug-likeness (QED) is 0.679. The van der Waals surface area contributed by atoms with E-state index in [1.54, 1.807) is 4.90 Å². The molecule has 1 fully saturated rings. The van der Waals surface area contributed by atoms with Crippen molar-refractivity contribution in [2.75, 3.05) is 25.5 Å². The highest BCUT2D eigenvalue weighted by molar-refractivity contribution is 6.19. The average Bonchev–Trinajstić information content (AvgIpc) is 2.72. The average molecular weight is 248 g/mol. The predicted molar refractivity (Wildman–Crippen MR) is 66.9 cm³/mol. The summed E-state index contributed by atoms with van der Waals surface area (Å²) in [5.74, 6) is 0.443. The van der Waals surface area contributed by atoms with Crippen LogP contribution in [0.15, 0.2) is 0 Å². The van der Waals surface area contributed by atoms with Crippen LogP contribution in [0.1, 0.15) is 33.6 Å². The second-order valence-electron chi connectivity index (χ2n) is 5.33. The Bertz CT molecular complexity index is 243. The number of nitrogens with one attached hydrogen (secondary N) is 2. The number of alkyl halides is 1. The Kier molecular flexibility index (Phi) is 5.06. The monoisotopic (exact) mass is 247 g/mol. The van der Waals surface area contributed by atoms with Crippen molar-refractivity contribution >= 4 is 17.5 Å². The van der Waals surface area contributed by atoms with E-state index in [0.29, 0.717) is 11.9 Å². The van der Waals surface area contributed by atoms with Gasteiger partial charge in [0.2, 0.25) is 5.91 Å². The number of amides is 1. The van der Waals surface area contributed by atoms with E-state index in [2.05, 4.69) is 12.2 Å². The third-order valence-corrected chi connectivity index (χ3v) is 4.21. The smallest absolute Gasteiger partial charge is 0.227 e.